The van der Waals surface area contributed by atoms with E-state index in [0.29, 0.717) is 16.7 Å². The van der Waals surface area contributed by atoms with Crippen molar-refractivity contribution in [3.63, 3.8) is 0 Å². The third kappa shape index (κ3) is 2.18. The molecule has 21 heavy (non-hydrogen) atoms. The Hall–Kier alpha value is -2.95. The SMILES string of the molecule is COc1ccc2c(=O)c(C3=CC(=O)C=CC3=O)coc2c1. The second-order valence-corrected chi connectivity index (χ2v) is 4.50. The van der Waals surface area contributed by atoms with E-state index in [1.54, 1.807) is 18.2 Å². The Morgan fingerprint density at radius 1 is 1.10 bits per heavy atom. The molecule has 3 rings (SSSR count). The third-order valence-corrected chi connectivity index (χ3v) is 3.22. The van der Waals surface area contributed by atoms with E-state index in [9.17, 15) is 14.4 Å². The highest BCUT2D eigenvalue weighted by atomic mass is 16.5. The standard InChI is InChI=1S/C16H10O5/c1-20-10-3-4-11-15(7-10)21-8-13(16(11)19)12-6-9(17)2-5-14(12)18/h2-8H,1H3. The lowest BCUT2D eigenvalue weighted by Crippen LogP contribution is -2.15. The molecule has 1 aromatic carbocycles. The summed E-state index contributed by atoms with van der Waals surface area (Å²) in [6, 6.07) is 4.78. The topological polar surface area (TPSA) is 73.6 Å². The molecule has 0 saturated carbocycles. The van der Waals surface area contributed by atoms with Gasteiger partial charge in [0.1, 0.15) is 17.6 Å². The van der Waals surface area contributed by atoms with E-state index in [1.165, 1.54) is 19.4 Å². The summed E-state index contributed by atoms with van der Waals surface area (Å²) in [7, 11) is 1.51. The highest BCUT2D eigenvalue weighted by molar-refractivity contribution is 6.34. The van der Waals surface area contributed by atoms with E-state index in [2.05, 4.69) is 0 Å². The van der Waals surface area contributed by atoms with Crippen molar-refractivity contribution in [3.8, 4) is 5.75 Å². The average Bonchev–Trinajstić information content (AvgIpc) is 2.50. The van der Waals surface area contributed by atoms with Crippen molar-refractivity contribution >= 4 is 28.1 Å². The number of allylic oxidation sites excluding steroid dienone is 4. The number of benzene rings is 1. The van der Waals surface area contributed by atoms with E-state index in [4.69, 9.17) is 9.15 Å². The van der Waals surface area contributed by atoms with Gasteiger partial charge in [-0.15, -0.1) is 0 Å². The Labute approximate surface area is 119 Å². The van der Waals surface area contributed by atoms with Gasteiger partial charge in [-0.05, 0) is 30.4 Å². The first-order valence-electron chi connectivity index (χ1n) is 6.18. The smallest absolute Gasteiger partial charge is 0.200 e. The van der Waals surface area contributed by atoms with Crippen LogP contribution in [-0.4, -0.2) is 18.7 Å². The number of carbonyl (C=O) groups is 2. The molecular weight excluding hydrogens is 272 g/mol. The lowest BCUT2D eigenvalue weighted by molar-refractivity contribution is -0.113. The molecule has 0 unspecified atom stereocenters. The fourth-order valence-corrected chi connectivity index (χ4v) is 2.14. The van der Waals surface area contributed by atoms with Crippen molar-refractivity contribution in [1.29, 1.82) is 0 Å². The summed E-state index contributed by atoms with van der Waals surface area (Å²) in [5, 5.41) is 0.323. The van der Waals surface area contributed by atoms with Crippen LogP contribution < -0.4 is 10.2 Å². The van der Waals surface area contributed by atoms with Crippen LogP contribution in [0.1, 0.15) is 5.56 Å². The van der Waals surface area contributed by atoms with Crippen LogP contribution in [0.4, 0.5) is 0 Å². The van der Waals surface area contributed by atoms with E-state index >= 15 is 0 Å². The maximum absolute atomic E-state index is 12.5. The predicted octanol–water partition coefficient (Wildman–Crippen LogP) is 1.89. The number of ether oxygens (including phenoxy) is 1. The molecular formula is C16H10O5. The molecule has 1 heterocycles. The minimum atomic E-state index is -0.394. The molecule has 1 aromatic heterocycles. The van der Waals surface area contributed by atoms with Gasteiger partial charge in [0.05, 0.1) is 18.1 Å². The summed E-state index contributed by atoms with van der Waals surface area (Å²) in [4.78, 5) is 35.7. The maximum atomic E-state index is 12.5. The molecule has 0 saturated heterocycles. The predicted molar refractivity (Wildman–Crippen MR) is 76.2 cm³/mol. The molecule has 0 radical (unpaired) electrons. The molecule has 0 bridgehead atoms. The van der Waals surface area contributed by atoms with Gasteiger partial charge in [-0.2, -0.15) is 0 Å². The summed E-state index contributed by atoms with van der Waals surface area (Å²) < 4.78 is 10.5. The van der Waals surface area contributed by atoms with Crippen LogP contribution >= 0.6 is 0 Å². The number of hydrogen-bond donors (Lipinski definition) is 0. The zero-order valence-corrected chi connectivity index (χ0v) is 11.1. The van der Waals surface area contributed by atoms with Crippen molar-refractivity contribution < 1.29 is 18.7 Å². The molecule has 5 nitrogen and oxygen atoms in total. The largest absolute Gasteiger partial charge is 0.497 e. The Morgan fingerprint density at radius 3 is 2.67 bits per heavy atom. The van der Waals surface area contributed by atoms with Gasteiger partial charge in [0.2, 0.25) is 5.43 Å². The first kappa shape index (κ1) is 13.1. The van der Waals surface area contributed by atoms with Crippen LogP contribution in [0.5, 0.6) is 5.75 Å². The van der Waals surface area contributed by atoms with Crippen molar-refractivity contribution in [3.05, 3.63) is 58.5 Å². The first-order chi connectivity index (χ1) is 10.1. The van der Waals surface area contributed by atoms with Gasteiger partial charge >= 0.3 is 0 Å². The van der Waals surface area contributed by atoms with Gasteiger partial charge in [-0.3, -0.25) is 14.4 Å². The number of hydrogen-bond acceptors (Lipinski definition) is 5. The van der Waals surface area contributed by atoms with Crippen molar-refractivity contribution in [2.45, 2.75) is 0 Å². The lowest BCUT2D eigenvalue weighted by atomic mass is 9.96. The van der Waals surface area contributed by atoms with Gasteiger partial charge in [0.25, 0.3) is 0 Å². The molecule has 104 valence electrons. The Kier molecular flexibility index (Phi) is 3.02. The molecule has 1 aliphatic carbocycles. The van der Waals surface area contributed by atoms with Crippen LogP contribution in [0.2, 0.25) is 0 Å². The molecule has 1 aliphatic rings. The minimum absolute atomic E-state index is 0.0500. The highest BCUT2D eigenvalue weighted by Gasteiger charge is 2.19. The molecule has 0 spiro atoms. The van der Waals surface area contributed by atoms with Crippen LogP contribution in [0.3, 0.4) is 0 Å². The quantitative estimate of drug-likeness (QED) is 0.786. The Morgan fingerprint density at radius 2 is 1.90 bits per heavy atom. The summed E-state index contributed by atoms with van der Waals surface area (Å²) in [5.74, 6) is -0.168. The van der Waals surface area contributed by atoms with Crippen molar-refractivity contribution in [2.75, 3.05) is 7.11 Å². The zero-order chi connectivity index (χ0) is 15.0. The van der Waals surface area contributed by atoms with Gasteiger partial charge in [0.15, 0.2) is 11.6 Å². The fourth-order valence-electron chi connectivity index (χ4n) is 2.14. The molecule has 0 atom stereocenters. The fraction of sp³-hybridized carbons (Fsp3) is 0.0625. The van der Waals surface area contributed by atoms with Crippen molar-refractivity contribution in [2.24, 2.45) is 0 Å². The zero-order valence-electron chi connectivity index (χ0n) is 11.1. The molecule has 2 aromatic rings. The van der Waals surface area contributed by atoms with Gasteiger partial charge in [-0.1, -0.05) is 0 Å². The summed E-state index contributed by atoms with van der Waals surface area (Å²) >= 11 is 0. The van der Waals surface area contributed by atoms with Crippen LogP contribution in [0, 0.1) is 0 Å². The number of ketones is 2. The van der Waals surface area contributed by atoms with Gasteiger partial charge in [-0.25, -0.2) is 0 Å². The monoisotopic (exact) mass is 282 g/mol. The van der Waals surface area contributed by atoms with E-state index in [1.807, 2.05) is 0 Å². The minimum Gasteiger partial charge on any atom is -0.497 e. The van der Waals surface area contributed by atoms with E-state index in [-0.39, 0.29) is 22.3 Å². The number of carbonyl (C=O) groups excluding carboxylic acids is 2. The van der Waals surface area contributed by atoms with E-state index < -0.39 is 5.78 Å². The summed E-state index contributed by atoms with van der Waals surface area (Å²) in [6.45, 7) is 0. The average molecular weight is 282 g/mol. The Bertz CT molecular complexity index is 883. The second-order valence-electron chi connectivity index (χ2n) is 4.50. The Balaban J connectivity index is 2.22. The molecule has 5 heteroatoms. The number of fused-ring (bicyclic) bond motifs is 1. The second kappa shape index (κ2) is 4.86. The van der Waals surface area contributed by atoms with Crippen LogP contribution in [0.15, 0.2) is 51.9 Å². The number of rotatable bonds is 2. The van der Waals surface area contributed by atoms with Gasteiger partial charge < -0.3 is 9.15 Å². The molecule has 0 N–H and O–H groups in total. The van der Waals surface area contributed by atoms with E-state index in [0.717, 1.165) is 12.2 Å². The van der Waals surface area contributed by atoms with Crippen LogP contribution in [0.25, 0.3) is 16.5 Å². The third-order valence-electron chi connectivity index (χ3n) is 3.22. The highest BCUT2D eigenvalue weighted by Crippen LogP contribution is 2.22. The lowest BCUT2D eigenvalue weighted by Gasteiger charge is -2.07. The molecule has 0 aliphatic heterocycles. The maximum Gasteiger partial charge on any atom is 0.200 e. The summed E-state index contributed by atoms with van der Waals surface area (Å²) in [5.41, 5.74) is 0.125. The van der Waals surface area contributed by atoms with Crippen molar-refractivity contribution in [1.82, 2.24) is 0 Å². The molecule has 0 fully saturated rings. The normalized spacial score (nSPS) is 14.4. The first-order valence-corrected chi connectivity index (χ1v) is 6.18. The van der Waals surface area contributed by atoms with Gasteiger partial charge in [0, 0.05) is 11.6 Å². The molecule has 0 amide bonds. The number of methoxy groups -OCH3 is 1. The summed E-state index contributed by atoms with van der Waals surface area (Å²) in [6.07, 6.45) is 4.65. The van der Waals surface area contributed by atoms with Crippen LogP contribution in [-0.2, 0) is 9.59 Å².